The Kier molecular flexibility index (Phi) is 4.62. The zero-order chi connectivity index (χ0) is 16.1. The molecule has 1 aromatic heterocycles. The molecule has 2 N–H and O–H groups in total. The number of amides is 2. The van der Waals surface area contributed by atoms with Crippen molar-refractivity contribution >= 4 is 6.03 Å². The van der Waals surface area contributed by atoms with Crippen LogP contribution in [0.2, 0.25) is 0 Å². The van der Waals surface area contributed by atoms with Crippen molar-refractivity contribution in [2.75, 3.05) is 6.54 Å². The molecule has 5 heteroatoms. The summed E-state index contributed by atoms with van der Waals surface area (Å²) in [5.41, 5.74) is 3.29. The molecule has 5 nitrogen and oxygen atoms in total. The monoisotopic (exact) mass is 308 g/mol. The van der Waals surface area contributed by atoms with Gasteiger partial charge in [-0.05, 0) is 31.4 Å². The fourth-order valence-corrected chi connectivity index (χ4v) is 2.86. The number of benzene rings is 1. The molecule has 0 saturated heterocycles. The third kappa shape index (κ3) is 3.72. The van der Waals surface area contributed by atoms with Gasteiger partial charge in [-0.15, -0.1) is 0 Å². The van der Waals surface area contributed by atoms with Crippen molar-refractivity contribution in [1.29, 1.82) is 0 Å². The first-order valence-corrected chi connectivity index (χ1v) is 7.83. The van der Waals surface area contributed by atoms with Gasteiger partial charge in [0.15, 0.2) is 0 Å². The first-order valence-electron chi connectivity index (χ1n) is 7.83. The molecule has 1 aliphatic rings. The van der Waals surface area contributed by atoms with Gasteiger partial charge in [0.05, 0.1) is 18.8 Å². The number of carbonyl (C=O) groups excluding carboxylic acids is 1. The number of carbonyl (C=O) groups is 1. The van der Waals surface area contributed by atoms with E-state index < -0.39 is 0 Å². The lowest BCUT2D eigenvalue weighted by Crippen LogP contribution is -2.39. The van der Waals surface area contributed by atoms with E-state index in [0.29, 0.717) is 6.54 Å². The molecule has 0 saturated carbocycles. The maximum Gasteiger partial charge on any atom is 0.316 e. The van der Waals surface area contributed by atoms with Gasteiger partial charge >= 0.3 is 6.03 Å². The van der Waals surface area contributed by atoms with Crippen molar-refractivity contribution in [3.8, 4) is 11.8 Å². The topological polar surface area (TPSA) is 59.0 Å². The van der Waals surface area contributed by atoms with Gasteiger partial charge in [0.1, 0.15) is 0 Å². The molecule has 1 heterocycles. The smallest absolute Gasteiger partial charge is 0.316 e. The highest BCUT2D eigenvalue weighted by atomic mass is 16.2. The van der Waals surface area contributed by atoms with E-state index in [9.17, 15) is 4.79 Å². The third-order valence-corrected chi connectivity index (χ3v) is 4.02. The second kappa shape index (κ2) is 7.01. The van der Waals surface area contributed by atoms with Crippen LogP contribution in [0.1, 0.15) is 35.7 Å². The Hall–Kier alpha value is -2.74. The summed E-state index contributed by atoms with van der Waals surface area (Å²) in [6.45, 7) is 0.327. The van der Waals surface area contributed by atoms with Crippen molar-refractivity contribution in [2.45, 2.75) is 25.3 Å². The molecule has 0 aliphatic heterocycles. The van der Waals surface area contributed by atoms with Gasteiger partial charge in [0.2, 0.25) is 0 Å². The average molecular weight is 308 g/mol. The molecule has 1 aliphatic carbocycles. The predicted molar refractivity (Wildman–Crippen MR) is 88.7 cm³/mol. The van der Waals surface area contributed by atoms with Crippen LogP contribution in [0.4, 0.5) is 4.79 Å². The summed E-state index contributed by atoms with van der Waals surface area (Å²) in [7, 11) is 1.94. The molecular formula is C18H20N4O. The maximum absolute atomic E-state index is 12.0. The van der Waals surface area contributed by atoms with Crippen LogP contribution in [0.3, 0.4) is 0 Å². The number of hydrogen-bond donors (Lipinski definition) is 2. The van der Waals surface area contributed by atoms with Gasteiger partial charge in [0.25, 0.3) is 0 Å². The van der Waals surface area contributed by atoms with Gasteiger partial charge in [-0.3, -0.25) is 4.68 Å². The highest BCUT2D eigenvalue weighted by Crippen LogP contribution is 2.28. The number of aromatic nitrogens is 2. The molecule has 1 atom stereocenters. The van der Waals surface area contributed by atoms with Crippen molar-refractivity contribution in [1.82, 2.24) is 20.4 Å². The molecular weight excluding hydrogens is 288 g/mol. The van der Waals surface area contributed by atoms with Crippen LogP contribution in [0, 0.1) is 11.8 Å². The highest BCUT2D eigenvalue weighted by Gasteiger charge is 2.24. The molecule has 23 heavy (non-hydrogen) atoms. The highest BCUT2D eigenvalue weighted by molar-refractivity contribution is 5.74. The van der Waals surface area contributed by atoms with Crippen LogP contribution >= 0.6 is 0 Å². The van der Waals surface area contributed by atoms with Crippen LogP contribution in [-0.2, 0) is 13.5 Å². The van der Waals surface area contributed by atoms with E-state index in [-0.39, 0.29) is 12.1 Å². The van der Waals surface area contributed by atoms with Gasteiger partial charge in [0, 0.05) is 23.9 Å². The van der Waals surface area contributed by atoms with E-state index in [2.05, 4.69) is 27.6 Å². The molecule has 2 aromatic rings. The van der Waals surface area contributed by atoms with E-state index in [1.54, 1.807) is 0 Å². The van der Waals surface area contributed by atoms with Crippen molar-refractivity contribution in [3.05, 3.63) is 53.3 Å². The summed E-state index contributed by atoms with van der Waals surface area (Å²) in [4.78, 5) is 12.0. The standard InChI is InChI=1S/C18H20N4O/c1-22-17-11-5-10-16(15(17)13-20-22)21-18(23)19-12-6-9-14-7-3-2-4-8-14/h2-4,7-8,13,16H,5,10-12H2,1H3,(H2,19,21,23)/t16-/m1/s1. The SMILES string of the molecule is Cn1ncc2c1CCC[C@H]2NC(=O)NCC#Cc1ccccc1. The molecule has 0 bridgehead atoms. The van der Waals surface area contributed by atoms with Crippen LogP contribution in [0.5, 0.6) is 0 Å². The minimum absolute atomic E-state index is 0.0366. The summed E-state index contributed by atoms with van der Waals surface area (Å²) in [5, 5.41) is 10.1. The van der Waals surface area contributed by atoms with Gasteiger partial charge < -0.3 is 10.6 Å². The van der Waals surface area contributed by atoms with Crippen molar-refractivity contribution in [3.63, 3.8) is 0 Å². The Morgan fingerprint density at radius 1 is 1.39 bits per heavy atom. The van der Waals surface area contributed by atoms with Crippen molar-refractivity contribution in [2.24, 2.45) is 7.05 Å². The average Bonchev–Trinajstić information content (AvgIpc) is 2.95. The summed E-state index contributed by atoms with van der Waals surface area (Å²) < 4.78 is 1.90. The molecule has 0 fully saturated rings. The predicted octanol–water partition coefficient (Wildman–Crippen LogP) is 2.15. The molecule has 0 spiro atoms. The zero-order valence-corrected chi connectivity index (χ0v) is 13.2. The Morgan fingerprint density at radius 2 is 2.22 bits per heavy atom. The Balaban J connectivity index is 1.52. The number of nitrogens with zero attached hydrogens (tertiary/aromatic N) is 2. The lowest BCUT2D eigenvalue weighted by molar-refractivity contribution is 0.236. The summed E-state index contributed by atoms with van der Waals surface area (Å²) in [6, 6.07) is 9.58. The molecule has 2 amide bonds. The van der Waals surface area contributed by atoms with Crippen LogP contribution in [-0.4, -0.2) is 22.4 Å². The number of rotatable bonds is 2. The largest absolute Gasteiger partial charge is 0.331 e. The number of aryl methyl sites for hydroxylation is 1. The quantitative estimate of drug-likeness (QED) is 0.835. The van der Waals surface area contributed by atoms with Crippen LogP contribution in [0.15, 0.2) is 36.5 Å². The van der Waals surface area contributed by atoms with E-state index in [4.69, 9.17) is 0 Å². The van der Waals surface area contributed by atoms with Crippen molar-refractivity contribution < 1.29 is 4.79 Å². The lowest BCUT2D eigenvalue weighted by Gasteiger charge is -2.23. The minimum Gasteiger partial charge on any atom is -0.331 e. The Morgan fingerprint density at radius 3 is 3.04 bits per heavy atom. The van der Waals surface area contributed by atoms with Gasteiger partial charge in [-0.2, -0.15) is 5.10 Å². The maximum atomic E-state index is 12.0. The normalized spacial score (nSPS) is 16.0. The molecule has 1 aromatic carbocycles. The number of nitrogens with one attached hydrogen (secondary N) is 2. The zero-order valence-electron chi connectivity index (χ0n) is 13.2. The summed E-state index contributed by atoms with van der Waals surface area (Å²) in [5.74, 6) is 5.97. The molecule has 3 rings (SSSR count). The second-order valence-corrected chi connectivity index (χ2v) is 5.61. The summed E-state index contributed by atoms with van der Waals surface area (Å²) in [6.07, 6.45) is 4.88. The molecule has 118 valence electrons. The number of fused-ring (bicyclic) bond motifs is 1. The third-order valence-electron chi connectivity index (χ3n) is 4.02. The van der Waals surface area contributed by atoms with Crippen LogP contribution in [0.25, 0.3) is 0 Å². The fourth-order valence-electron chi connectivity index (χ4n) is 2.86. The van der Waals surface area contributed by atoms with E-state index in [0.717, 1.165) is 30.4 Å². The van der Waals surface area contributed by atoms with Gasteiger partial charge in [-0.1, -0.05) is 30.0 Å². The summed E-state index contributed by atoms with van der Waals surface area (Å²) >= 11 is 0. The minimum atomic E-state index is -0.186. The second-order valence-electron chi connectivity index (χ2n) is 5.61. The lowest BCUT2D eigenvalue weighted by atomic mass is 9.93. The van der Waals surface area contributed by atoms with Crippen LogP contribution < -0.4 is 10.6 Å². The van der Waals surface area contributed by atoms with E-state index >= 15 is 0 Å². The molecule has 0 radical (unpaired) electrons. The Labute approximate surface area is 136 Å². The first-order chi connectivity index (χ1) is 11.2. The number of hydrogen-bond acceptors (Lipinski definition) is 2. The fraction of sp³-hybridized carbons (Fsp3) is 0.333. The van der Waals surface area contributed by atoms with E-state index in [1.165, 1.54) is 5.69 Å². The molecule has 0 unspecified atom stereocenters. The van der Waals surface area contributed by atoms with Gasteiger partial charge in [-0.25, -0.2) is 4.79 Å². The van der Waals surface area contributed by atoms with E-state index in [1.807, 2.05) is 48.3 Å². The Bertz CT molecular complexity index is 739. The number of urea groups is 1. The first kappa shape index (κ1) is 15.2.